The van der Waals surface area contributed by atoms with Crippen molar-refractivity contribution in [3.8, 4) is 5.75 Å². The lowest BCUT2D eigenvalue weighted by Crippen LogP contribution is -2.28. The minimum absolute atomic E-state index is 0.143. The van der Waals surface area contributed by atoms with E-state index in [1.54, 1.807) is 0 Å². The highest BCUT2D eigenvalue weighted by Gasteiger charge is 2.28. The Bertz CT molecular complexity index is 748. The largest absolute Gasteiger partial charge is 0.485 e. The van der Waals surface area contributed by atoms with E-state index in [1.165, 1.54) is 12.1 Å². The zero-order chi connectivity index (χ0) is 19.5. The summed E-state index contributed by atoms with van der Waals surface area (Å²) in [6.45, 7) is -1.05. The van der Waals surface area contributed by atoms with E-state index in [0.29, 0.717) is 18.5 Å². The Kier molecular flexibility index (Phi) is 6.37. The SMILES string of the molecule is O=[N+]([O-])c1ccc(OC(COP(=O)(O)O)COP(=O)(O)O)c2c1NCC2. The van der Waals surface area contributed by atoms with E-state index in [9.17, 15) is 19.2 Å². The number of hydrogen-bond acceptors (Lipinski definition) is 8. The van der Waals surface area contributed by atoms with Crippen LogP contribution in [0.25, 0.3) is 0 Å². The number of phosphoric ester groups is 2. The van der Waals surface area contributed by atoms with E-state index >= 15 is 0 Å². The topological polar surface area (TPSA) is 198 Å². The molecule has 1 aromatic rings. The predicted octanol–water partition coefficient (Wildman–Crippen LogP) is 0.529. The maximum Gasteiger partial charge on any atom is 0.469 e. The highest BCUT2D eigenvalue weighted by molar-refractivity contribution is 7.46. The van der Waals surface area contributed by atoms with E-state index in [1.807, 2.05) is 0 Å². The standard InChI is InChI=1S/C11H16N2O11P2/c14-13(15)9-1-2-10(8-3-4-12-11(8)9)24-7(5-22-25(16,17)18)6-23-26(19,20)21/h1-2,7,12H,3-6H2,(H2,16,17,18)(H2,19,20,21). The molecule has 13 nitrogen and oxygen atoms in total. The Morgan fingerprint density at radius 3 is 2.23 bits per heavy atom. The fourth-order valence-corrected chi connectivity index (χ4v) is 3.01. The molecule has 15 heteroatoms. The zero-order valence-corrected chi connectivity index (χ0v) is 14.8. The number of rotatable bonds is 9. The Labute approximate surface area is 146 Å². The fourth-order valence-electron chi connectivity index (χ4n) is 2.29. The van der Waals surface area contributed by atoms with Crippen LogP contribution in [0.15, 0.2) is 12.1 Å². The number of hydrogen-bond donors (Lipinski definition) is 5. The Hall–Kier alpha value is -1.56. The third-order valence-electron chi connectivity index (χ3n) is 3.27. The number of nitro groups is 1. The first kappa shape index (κ1) is 20.7. The predicted molar refractivity (Wildman–Crippen MR) is 85.7 cm³/mol. The number of phosphoric acid groups is 2. The number of ether oxygens (including phenoxy) is 1. The normalized spacial score (nSPS) is 14.2. The van der Waals surface area contributed by atoms with Gasteiger partial charge in [-0.15, -0.1) is 0 Å². The van der Waals surface area contributed by atoms with Crippen molar-refractivity contribution < 1.29 is 47.4 Å². The van der Waals surface area contributed by atoms with Gasteiger partial charge in [-0.3, -0.25) is 19.2 Å². The number of nitrogens with one attached hydrogen (secondary N) is 1. The van der Waals surface area contributed by atoms with E-state index in [-0.39, 0.29) is 17.1 Å². The first-order chi connectivity index (χ1) is 12.0. The molecule has 0 aromatic heterocycles. The number of nitro benzene ring substituents is 1. The second kappa shape index (κ2) is 7.99. The third kappa shape index (κ3) is 6.01. The number of nitrogens with zero attached hydrogens (tertiary/aromatic N) is 1. The molecule has 0 bridgehead atoms. The molecular formula is C11H16N2O11P2. The van der Waals surface area contributed by atoms with Gasteiger partial charge < -0.3 is 29.6 Å². The molecule has 1 aliphatic heterocycles. The molecule has 0 fully saturated rings. The fraction of sp³-hybridized carbons (Fsp3) is 0.455. The van der Waals surface area contributed by atoms with E-state index < -0.39 is 39.9 Å². The molecule has 1 aromatic carbocycles. The van der Waals surface area contributed by atoms with Crippen molar-refractivity contribution in [2.75, 3.05) is 25.1 Å². The van der Waals surface area contributed by atoms with Gasteiger partial charge >= 0.3 is 15.6 Å². The number of fused-ring (bicyclic) bond motifs is 1. The average Bonchev–Trinajstić information content (AvgIpc) is 2.97. The molecule has 5 N–H and O–H groups in total. The van der Waals surface area contributed by atoms with Gasteiger partial charge in [0.05, 0.1) is 18.1 Å². The summed E-state index contributed by atoms with van der Waals surface area (Å²) in [4.78, 5) is 45.5. The van der Waals surface area contributed by atoms with Gasteiger partial charge in [-0.2, -0.15) is 0 Å². The Morgan fingerprint density at radius 2 is 1.73 bits per heavy atom. The number of benzene rings is 1. The molecule has 146 valence electrons. The lowest BCUT2D eigenvalue weighted by atomic mass is 10.1. The molecule has 0 spiro atoms. The highest BCUT2D eigenvalue weighted by atomic mass is 31.2. The molecule has 0 saturated carbocycles. The quantitative estimate of drug-likeness (QED) is 0.214. The minimum Gasteiger partial charge on any atom is -0.485 e. The van der Waals surface area contributed by atoms with Crippen LogP contribution in [0.4, 0.5) is 11.4 Å². The summed E-state index contributed by atoms with van der Waals surface area (Å²) >= 11 is 0. The summed E-state index contributed by atoms with van der Waals surface area (Å²) in [6.07, 6.45) is -0.904. The first-order valence-electron chi connectivity index (χ1n) is 7.07. The van der Waals surface area contributed by atoms with Crippen LogP contribution >= 0.6 is 15.6 Å². The molecule has 0 saturated heterocycles. The van der Waals surface area contributed by atoms with Crippen LogP contribution in [0.1, 0.15) is 5.56 Å². The van der Waals surface area contributed by atoms with Gasteiger partial charge in [0.1, 0.15) is 17.5 Å². The minimum atomic E-state index is -4.86. The van der Waals surface area contributed by atoms with E-state index in [2.05, 4.69) is 14.4 Å². The number of anilines is 1. The van der Waals surface area contributed by atoms with Crippen LogP contribution in [0.5, 0.6) is 5.75 Å². The first-order valence-corrected chi connectivity index (χ1v) is 10.1. The van der Waals surface area contributed by atoms with Crippen LogP contribution in [0, 0.1) is 10.1 Å². The molecule has 0 amide bonds. The van der Waals surface area contributed by atoms with Gasteiger partial charge in [0.15, 0.2) is 0 Å². The molecule has 1 aliphatic rings. The monoisotopic (exact) mass is 414 g/mol. The Balaban J connectivity index is 2.21. The van der Waals surface area contributed by atoms with Gasteiger partial charge in [0.25, 0.3) is 5.69 Å². The molecule has 26 heavy (non-hydrogen) atoms. The lowest BCUT2D eigenvalue weighted by Gasteiger charge is -2.21. The summed E-state index contributed by atoms with van der Waals surface area (Å²) in [5.74, 6) is 0.143. The van der Waals surface area contributed by atoms with Gasteiger partial charge in [0, 0.05) is 18.2 Å². The van der Waals surface area contributed by atoms with Crippen LogP contribution in [-0.2, 0) is 24.6 Å². The van der Waals surface area contributed by atoms with E-state index in [0.717, 1.165) is 0 Å². The molecule has 2 rings (SSSR count). The maximum absolute atomic E-state index is 11.0. The molecule has 1 heterocycles. The molecule has 0 aliphatic carbocycles. The Morgan fingerprint density at radius 1 is 1.15 bits per heavy atom. The summed E-state index contributed by atoms with van der Waals surface area (Å²) in [7, 11) is -9.71. The van der Waals surface area contributed by atoms with Crippen molar-refractivity contribution in [3.63, 3.8) is 0 Å². The second-order valence-electron chi connectivity index (χ2n) is 5.18. The third-order valence-corrected chi connectivity index (χ3v) is 4.24. The summed E-state index contributed by atoms with van der Waals surface area (Å²) in [5, 5.41) is 13.9. The molecule has 0 atom stereocenters. The van der Waals surface area contributed by atoms with Crippen LogP contribution in [0.3, 0.4) is 0 Å². The second-order valence-corrected chi connectivity index (χ2v) is 7.66. The summed E-state index contributed by atoms with van der Waals surface area (Å²) < 4.78 is 35.7. The average molecular weight is 414 g/mol. The van der Waals surface area contributed by atoms with Gasteiger partial charge in [-0.25, -0.2) is 9.13 Å². The van der Waals surface area contributed by atoms with Gasteiger partial charge in [0.2, 0.25) is 0 Å². The maximum atomic E-state index is 11.0. The van der Waals surface area contributed by atoms with Crippen molar-refractivity contribution in [2.45, 2.75) is 12.5 Å². The van der Waals surface area contributed by atoms with E-state index in [4.69, 9.17) is 24.3 Å². The molecular weight excluding hydrogens is 398 g/mol. The molecule has 0 radical (unpaired) electrons. The highest BCUT2D eigenvalue weighted by Crippen LogP contribution is 2.41. The van der Waals surface area contributed by atoms with Crippen molar-refractivity contribution in [1.82, 2.24) is 0 Å². The smallest absolute Gasteiger partial charge is 0.469 e. The summed E-state index contributed by atoms with van der Waals surface area (Å²) in [5.41, 5.74) is 0.536. The van der Waals surface area contributed by atoms with Crippen molar-refractivity contribution >= 4 is 27.0 Å². The van der Waals surface area contributed by atoms with Crippen molar-refractivity contribution in [1.29, 1.82) is 0 Å². The van der Waals surface area contributed by atoms with Crippen molar-refractivity contribution in [3.05, 3.63) is 27.8 Å². The van der Waals surface area contributed by atoms with Crippen LogP contribution < -0.4 is 10.1 Å². The van der Waals surface area contributed by atoms with Crippen LogP contribution in [-0.4, -0.2) is 50.4 Å². The zero-order valence-electron chi connectivity index (χ0n) is 13.0. The van der Waals surface area contributed by atoms with Gasteiger partial charge in [-0.05, 0) is 12.5 Å². The van der Waals surface area contributed by atoms with Crippen LogP contribution in [0.2, 0.25) is 0 Å². The molecule has 0 unspecified atom stereocenters. The lowest BCUT2D eigenvalue weighted by molar-refractivity contribution is -0.384. The van der Waals surface area contributed by atoms with Crippen molar-refractivity contribution in [2.24, 2.45) is 0 Å². The van der Waals surface area contributed by atoms with Gasteiger partial charge in [-0.1, -0.05) is 0 Å². The summed E-state index contributed by atoms with van der Waals surface area (Å²) in [6, 6.07) is 2.46.